The van der Waals surface area contributed by atoms with Crippen LogP contribution in [0.4, 0.5) is 5.82 Å². The van der Waals surface area contributed by atoms with E-state index in [1.807, 2.05) is 4.90 Å². The molecule has 0 bridgehead atoms. The van der Waals surface area contributed by atoms with E-state index in [9.17, 15) is 13.2 Å². The molecule has 1 aliphatic heterocycles. The lowest BCUT2D eigenvalue weighted by molar-refractivity contribution is 0.111. The second kappa shape index (κ2) is 4.99. The van der Waals surface area contributed by atoms with Crippen molar-refractivity contribution in [3.05, 3.63) is 18.1 Å². The predicted molar refractivity (Wildman–Crippen MR) is 66.0 cm³/mol. The van der Waals surface area contributed by atoms with Crippen molar-refractivity contribution in [3.63, 3.8) is 0 Å². The molecule has 0 amide bonds. The van der Waals surface area contributed by atoms with Gasteiger partial charge in [0.2, 0.25) is 10.0 Å². The highest BCUT2D eigenvalue weighted by atomic mass is 32.2. The SMILES string of the molecule is CS(=O)(=O)N1CCN(c2ccnc(C=O)n2)CC1. The maximum Gasteiger partial charge on any atom is 0.211 e. The molecule has 18 heavy (non-hydrogen) atoms. The van der Waals surface area contributed by atoms with Crippen molar-refractivity contribution in [2.24, 2.45) is 0 Å². The number of hydrogen-bond acceptors (Lipinski definition) is 6. The summed E-state index contributed by atoms with van der Waals surface area (Å²) in [5.74, 6) is 0.790. The number of nitrogens with zero attached hydrogens (tertiary/aromatic N) is 4. The molecule has 0 aliphatic carbocycles. The van der Waals surface area contributed by atoms with E-state index in [0.29, 0.717) is 38.3 Å². The van der Waals surface area contributed by atoms with E-state index >= 15 is 0 Å². The van der Waals surface area contributed by atoms with Crippen LogP contribution in [0.5, 0.6) is 0 Å². The molecule has 2 rings (SSSR count). The van der Waals surface area contributed by atoms with Crippen LogP contribution in [0.2, 0.25) is 0 Å². The normalized spacial score (nSPS) is 17.7. The predicted octanol–water partition coefficient (Wildman–Crippen LogP) is -0.629. The molecule has 8 heteroatoms. The number of piperazine rings is 1. The topological polar surface area (TPSA) is 83.5 Å². The van der Waals surface area contributed by atoms with E-state index in [1.54, 1.807) is 6.07 Å². The summed E-state index contributed by atoms with van der Waals surface area (Å²) in [5.41, 5.74) is 0. The van der Waals surface area contributed by atoms with Crippen LogP contribution in [0.3, 0.4) is 0 Å². The molecule has 0 atom stereocenters. The molecule has 0 aromatic carbocycles. The van der Waals surface area contributed by atoms with E-state index in [-0.39, 0.29) is 5.82 Å². The molecular weight excluding hydrogens is 256 g/mol. The largest absolute Gasteiger partial charge is 0.354 e. The van der Waals surface area contributed by atoms with E-state index in [1.165, 1.54) is 16.8 Å². The van der Waals surface area contributed by atoms with Crippen molar-refractivity contribution in [2.45, 2.75) is 0 Å². The second-order valence-corrected chi connectivity index (χ2v) is 6.02. The van der Waals surface area contributed by atoms with Gasteiger partial charge >= 0.3 is 0 Å². The van der Waals surface area contributed by atoms with Gasteiger partial charge in [0.25, 0.3) is 0 Å². The smallest absolute Gasteiger partial charge is 0.211 e. The molecule has 1 aromatic rings. The lowest BCUT2D eigenvalue weighted by Crippen LogP contribution is -2.48. The minimum atomic E-state index is -3.13. The number of carbonyl (C=O) groups excluding carboxylic acids is 1. The van der Waals surface area contributed by atoms with Crippen molar-refractivity contribution in [2.75, 3.05) is 37.3 Å². The van der Waals surface area contributed by atoms with Crippen LogP contribution in [0.25, 0.3) is 0 Å². The molecule has 0 N–H and O–H groups in total. The quantitative estimate of drug-likeness (QED) is 0.680. The number of carbonyl (C=O) groups is 1. The standard InChI is InChI=1S/C10H14N4O3S/c1-18(16,17)14-6-4-13(5-7-14)10-2-3-11-9(8-15)12-10/h2-3,8H,4-7H2,1H3. The van der Waals surface area contributed by atoms with Gasteiger partial charge in [0.05, 0.1) is 6.26 Å². The summed E-state index contributed by atoms with van der Waals surface area (Å²) in [6, 6.07) is 1.71. The second-order valence-electron chi connectivity index (χ2n) is 4.04. The summed E-state index contributed by atoms with van der Waals surface area (Å²) in [7, 11) is -3.13. The maximum absolute atomic E-state index is 11.4. The van der Waals surface area contributed by atoms with Crippen molar-refractivity contribution in [1.29, 1.82) is 0 Å². The molecule has 0 spiro atoms. The van der Waals surface area contributed by atoms with E-state index in [2.05, 4.69) is 9.97 Å². The Morgan fingerprint density at radius 1 is 1.28 bits per heavy atom. The van der Waals surface area contributed by atoms with Crippen molar-refractivity contribution < 1.29 is 13.2 Å². The van der Waals surface area contributed by atoms with Gasteiger partial charge in [-0.05, 0) is 6.07 Å². The summed E-state index contributed by atoms with van der Waals surface area (Å²) in [5, 5.41) is 0. The Labute approximate surface area is 105 Å². The fraction of sp³-hybridized carbons (Fsp3) is 0.500. The van der Waals surface area contributed by atoms with Gasteiger partial charge in [0.15, 0.2) is 12.1 Å². The third kappa shape index (κ3) is 2.82. The van der Waals surface area contributed by atoms with E-state index < -0.39 is 10.0 Å². The lowest BCUT2D eigenvalue weighted by atomic mass is 10.3. The Morgan fingerprint density at radius 2 is 1.94 bits per heavy atom. The molecule has 0 saturated carbocycles. The zero-order valence-electron chi connectivity index (χ0n) is 9.98. The van der Waals surface area contributed by atoms with Gasteiger partial charge < -0.3 is 4.90 Å². The molecule has 7 nitrogen and oxygen atoms in total. The van der Waals surface area contributed by atoms with Gasteiger partial charge in [0, 0.05) is 32.4 Å². The van der Waals surface area contributed by atoms with Crippen molar-refractivity contribution in [3.8, 4) is 0 Å². The average Bonchev–Trinajstić information content (AvgIpc) is 2.38. The first-order chi connectivity index (χ1) is 8.50. The highest BCUT2D eigenvalue weighted by molar-refractivity contribution is 7.88. The van der Waals surface area contributed by atoms with Crippen LogP contribution >= 0.6 is 0 Å². The van der Waals surface area contributed by atoms with E-state index in [4.69, 9.17) is 0 Å². The number of anilines is 1. The monoisotopic (exact) mass is 270 g/mol. The van der Waals surface area contributed by atoms with Gasteiger partial charge in [-0.25, -0.2) is 18.4 Å². The molecule has 98 valence electrons. The minimum Gasteiger partial charge on any atom is -0.354 e. The number of aldehydes is 1. The minimum absolute atomic E-state index is 0.137. The molecule has 1 saturated heterocycles. The van der Waals surface area contributed by atoms with Crippen LogP contribution in [-0.2, 0) is 10.0 Å². The van der Waals surface area contributed by atoms with Crippen LogP contribution in [0.1, 0.15) is 10.6 Å². The fourth-order valence-corrected chi connectivity index (χ4v) is 2.67. The Bertz CT molecular complexity index is 538. The van der Waals surface area contributed by atoms with Crippen LogP contribution in [0.15, 0.2) is 12.3 Å². The Hall–Kier alpha value is -1.54. The molecule has 0 unspecified atom stereocenters. The van der Waals surface area contributed by atoms with Gasteiger partial charge in [-0.3, -0.25) is 4.79 Å². The fourth-order valence-electron chi connectivity index (χ4n) is 1.85. The highest BCUT2D eigenvalue weighted by Crippen LogP contribution is 2.14. The molecule has 1 fully saturated rings. The van der Waals surface area contributed by atoms with Gasteiger partial charge in [-0.2, -0.15) is 4.31 Å². The average molecular weight is 270 g/mol. The van der Waals surface area contributed by atoms with E-state index in [0.717, 1.165) is 0 Å². The molecule has 2 heterocycles. The summed E-state index contributed by atoms with van der Waals surface area (Å²) in [4.78, 5) is 20.4. The molecule has 0 radical (unpaired) electrons. The first-order valence-corrected chi connectivity index (χ1v) is 7.34. The number of rotatable bonds is 3. The van der Waals surface area contributed by atoms with Crippen LogP contribution in [0, 0.1) is 0 Å². The number of hydrogen-bond donors (Lipinski definition) is 0. The summed E-state index contributed by atoms with van der Waals surface area (Å²) in [6.45, 7) is 1.98. The first kappa shape index (κ1) is 12.9. The zero-order chi connectivity index (χ0) is 13.2. The van der Waals surface area contributed by atoms with Crippen LogP contribution in [-0.4, -0.2) is 61.4 Å². The lowest BCUT2D eigenvalue weighted by Gasteiger charge is -2.33. The van der Waals surface area contributed by atoms with Gasteiger partial charge in [0.1, 0.15) is 5.82 Å². The molecule has 1 aliphatic rings. The molecule has 1 aromatic heterocycles. The van der Waals surface area contributed by atoms with Crippen LogP contribution < -0.4 is 4.90 Å². The molecular formula is C10H14N4O3S. The van der Waals surface area contributed by atoms with Crippen molar-refractivity contribution in [1.82, 2.24) is 14.3 Å². The summed E-state index contributed by atoms with van der Waals surface area (Å²) >= 11 is 0. The Balaban J connectivity index is 2.07. The van der Waals surface area contributed by atoms with Crippen molar-refractivity contribution >= 4 is 22.1 Å². The summed E-state index contributed by atoms with van der Waals surface area (Å²) < 4.78 is 24.2. The highest BCUT2D eigenvalue weighted by Gasteiger charge is 2.24. The van der Waals surface area contributed by atoms with Gasteiger partial charge in [-0.15, -0.1) is 0 Å². The zero-order valence-corrected chi connectivity index (χ0v) is 10.8. The number of sulfonamides is 1. The van der Waals surface area contributed by atoms with Gasteiger partial charge in [-0.1, -0.05) is 0 Å². The Kier molecular flexibility index (Phi) is 3.58. The summed E-state index contributed by atoms with van der Waals surface area (Å²) in [6.07, 6.45) is 3.32. The third-order valence-corrected chi connectivity index (χ3v) is 4.10. The first-order valence-electron chi connectivity index (χ1n) is 5.49. The Morgan fingerprint density at radius 3 is 2.50 bits per heavy atom. The third-order valence-electron chi connectivity index (χ3n) is 2.80. The maximum atomic E-state index is 11.4. The number of aromatic nitrogens is 2.